The number of carbonyl (C=O) groups is 2. The summed E-state index contributed by atoms with van der Waals surface area (Å²) >= 11 is 0. The highest BCUT2D eigenvalue weighted by Gasteiger charge is 2.43. The third-order valence-corrected chi connectivity index (χ3v) is 6.18. The highest BCUT2D eigenvalue weighted by atomic mass is 19.1. The van der Waals surface area contributed by atoms with E-state index in [1.807, 2.05) is 17.0 Å². The molecule has 0 radical (unpaired) electrons. The first kappa shape index (κ1) is 22.1. The van der Waals surface area contributed by atoms with E-state index < -0.39 is 11.7 Å². The van der Waals surface area contributed by atoms with Gasteiger partial charge in [-0.15, -0.1) is 0 Å². The maximum absolute atomic E-state index is 13.5. The first-order valence-corrected chi connectivity index (χ1v) is 10.6. The summed E-state index contributed by atoms with van der Waals surface area (Å²) in [7, 11) is 3.16. The Morgan fingerprint density at radius 2 is 1.69 bits per heavy atom. The molecule has 2 saturated heterocycles. The Balaban J connectivity index is 1.65. The Hall–Kier alpha value is -3.13. The van der Waals surface area contributed by atoms with Gasteiger partial charge in [-0.05, 0) is 30.3 Å². The molecule has 0 unspecified atom stereocenters. The largest absolute Gasteiger partial charge is 0.497 e. The number of hydrogen-bond donors (Lipinski definition) is 0. The van der Waals surface area contributed by atoms with Gasteiger partial charge in [0, 0.05) is 49.3 Å². The molecule has 2 aliphatic rings. The molecule has 8 heteroatoms. The number of hydrogen-bond acceptors (Lipinski definition) is 5. The van der Waals surface area contributed by atoms with Crippen LogP contribution >= 0.6 is 0 Å². The molecule has 0 bridgehead atoms. The van der Waals surface area contributed by atoms with Gasteiger partial charge in [-0.2, -0.15) is 0 Å². The van der Waals surface area contributed by atoms with Crippen LogP contribution in [0.15, 0.2) is 42.5 Å². The summed E-state index contributed by atoms with van der Waals surface area (Å²) in [4.78, 5) is 30.1. The van der Waals surface area contributed by atoms with E-state index in [0.717, 1.165) is 5.56 Å². The maximum atomic E-state index is 13.5. The van der Waals surface area contributed by atoms with Crippen LogP contribution < -0.4 is 9.47 Å². The summed E-state index contributed by atoms with van der Waals surface area (Å²) in [5, 5.41) is 0. The van der Waals surface area contributed by atoms with E-state index in [1.165, 1.54) is 24.3 Å². The van der Waals surface area contributed by atoms with Crippen molar-refractivity contribution >= 4 is 11.8 Å². The second kappa shape index (κ2) is 9.56. The normalized spacial score (nSPS) is 20.8. The molecule has 0 aliphatic carbocycles. The maximum Gasteiger partial charge on any atom is 0.253 e. The van der Waals surface area contributed by atoms with Gasteiger partial charge in [-0.1, -0.05) is 6.07 Å². The zero-order chi connectivity index (χ0) is 22.7. The Morgan fingerprint density at radius 3 is 2.34 bits per heavy atom. The summed E-state index contributed by atoms with van der Waals surface area (Å²) in [5.41, 5.74) is 1.25. The summed E-state index contributed by atoms with van der Waals surface area (Å²) in [6.45, 7) is 2.73. The molecule has 0 N–H and O–H groups in total. The molecule has 7 nitrogen and oxygen atoms in total. The summed E-state index contributed by atoms with van der Waals surface area (Å²) < 4.78 is 29.6. The number of nitrogens with zero attached hydrogens (tertiary/aromatic N) is 2. The van der Waals surface area contributed by atoms with Crippen LogP contribution in [-0.2, 0) is 9.53 Å². The van der Waals surface area contributed by atoms with Crippen LogP contribution in [0.1, 0.15) is 21.8 Å². The van der Waals surface area contributed by atoms with E-state index in [2.05, 4.69) is 0 Å². The van der Waals surface area contributed by atoms with Gasteiger partial charge in [0.15, 0.2) is 0 Å². The van der Waals surface area contributed by atoms with E-state index >= 15 is 0 Å². The van der Waals surface area contributed by atoms with Crippen molar-refractivity contribution in [2.75, 3.05) is 53.6 Å². The van der Waals surface area contributed by atoms with Crippen LogP contribution in [0.4, 0.5) is 4.39 Å². The lowest BCUT2D eigenvalue weighted by molar-refractivity contribution is -0.139. The molecular weight excluding hydrogens is 415 g/mol. The van der Waals surface area contributed by atoms with Crippen molar-refractivity contribution < 1.29 is 28.2 Å². The van der Waals surface area contributed by atoms with Crippen LogP contribution in [0.5, 0.6) is 11.5 Å². The number of halogens is 1. The highest BCUT2D eigenvalue weighted by molar-refractivity contribution is 5.95. The molecule has 2 aromatic carbocycles. The van der Waals surface area contributed by atoms with Gasteiger partial charge in [0.25, 0.3) is 5.91 Å². The number of methoxy groups -OCH3 is 2. The number of amides is 2. The topological polar surface area (TPSA) is 68.3 Å². The fourth-order valence-electron chi connectivity index (χ4n) is 4.45. The van der Waals surface area contributed by atoms with Crippen LogP contribution in [0.2, 0.25) is 0 Å². The lowest BCUT2D eigenvalue weighted by Gasteiger charge is -2.31. The average molecular weight is 442 g/mol. The highest BCUT2D eigenvalue weighted by Crippen LogP contribution is 2.40. The van der Waals surface area contributed by atoms with Crippen molar-refractivity contribution in [1.82, 2.24) is 9.80 Å². The van der Waals surface area contributed by atoms with Crippen molar-refractivity contribution in [3.8, 4) is 11.5 Å². The van der Waals surface area contributed by atoms with Crippen LogP contribution in [0.3, 0.4) is 0 Å². The van der Waals surface area contributed by atoms with Crippen molar-refractivity contribution in [1.29, 1.82) is 0 Å². The third-order valence-electron chi connectivity index (χ3n) is 6.18. The number of carbonyl (C=O) groups excluding carboxylic acids is 2. The smallest absolute Gasteiger partial charge is 0.253 e. The van der Waals surface area contributed by atoms with Crippen LogP contribution in [0, 0.1) is 11.7 Å². The Bertz CT molecular complexity index is 975. The zero-order valence-electron chi connectivity index (χ0n) is 18.3. The van der Waals surface area contributed by atoms with E-state index in [4.69, 9.17) is 14.2 Å². The van der Waals surface area contributed by atoms with Crippen LogP contribution in [0.25, 0.3) is 0 Å². The number of likely N-dealkylation sites (tertiary alicyclic amines) is 1. The van der Waals surface area contributed by atoms with E-state index in [9.17, 15) is 14.0 Å². The standard InChI is InChI=1S/C24H27FN2O5/c1-30-18-7-8-19(22(13-18)31-2)20-14-27(23(28)16-3-5-17(25)6-4-16)15-21(20)24(29)26-9-11-32-12-10-26/h3-8,13,20-21H,9-12,14-15H2,1-2H3/t20-,21-/m1/s1. The minimum Gasteiger partial charge on any atom is -0.497 e. The third kappa shape index (κ3) is 4.41. The fourth-order valence-corrected chi connectivity index (χ4v) is 4.45. The van der Waals surface area contributed by atoms with E-state index in [1.54, 1.807) is 25.2 Å². The summed E-state index contributed by atoms with van der Waals surface area (Å²) in [6, 6.07) is 11.0. The lowest BCUT2D eigenvalue weighted by atomic mass is 9.87. The summed E-state index contributed by atoms with van der Waals surface area (Å²) in [6.07, 6.45) is 0. The number of rotatable bonds is 5. The number of morpholine rings is 1. The van der Waals surface area contributed by atoms with Gasteiger partial charge in [-0.3, -0.25) is 9.59 Å². The van der Waals surface area contributed by atoms with Gasteiger partial charge in [0.1, 0.15) is 17.3 Å². The molecule has 0 spiro atoms. The minimum atomic E-state index is -0.417. The van der Waals surface area contributed by atoms with E-state index in [-0.39, 0.29) is 24.3 Å². The van der Waals surface area contributed by atoms with Gasteiger partial charge < -0.3 is 24.0 Å². The molecule has 32 heavy (non-hydrogen) atoms. The van der Waals surface area contributed by atoms with Gasteiger partial charge in [0.05, 0.1) is 33.4 Å². The monoisotopic (exact) mass is 442 g/mol. The fraction of sp³-hybridized carbons (Fsp3) is 0.417. The predicted octanol–water partition coefficient (Wildman–Crippen LogP) is 2.56. The number of ether oxygens (including phenoxy) is 3. The number of benzene rings is 2. The van der Waals surface area contributed by atoms with Gasteiger partial charge in [0.2, 0.25) is 5.91 Å². The molecular formula is C24H27FN2O5. The molecule has 2 heterocycles. The first-order chi connectivity index (χ1) is 15.5. The molecule has 0 saturated carbocycles. The molecule has 2 fully saturated rings. The molecule has 4 rings (SSSR count). The van der Waals surface area contributed by atoms with Gasteiger partial charge in [-0.25, -0.2) is 4.39 Å². The molecule has 2 atom stereocenters. The van der Waals surface area contributed by atoms with Crippen molar-refractivity contribution in [2.24, 2.45) is 5.92 Å². The quantitative estimate of drug-likeness (QED) is 0.712. The first-order valence-electron chi connectivity index (χ1n) is 10.6. The molecule has 2 aliphatic heterocycles. The lowest BCUT2D eigenvalue weighted by Crippen LogP contribution is -2.45. The SMILES string of the molecule is COc1ccc([C@H]2CN(C(=O)c3ccc(F)cc3)C[C@H]2C(=O)N2CCOCC2)c(OC)c1. The molecule has 0 aromatic heterocycles. The molecule has 2 amide bonds. The zero-order valence-corrected chi connectivity index (χ0v) is 18.3. The van der Waals surface area contributed by atoms with Crippen molar-refractivity contribution in [3.63, 3.8) is 0 Å². The second-order valence-corrected chi connectivity index (χ2v) is 7.98. The molecule has 2 aromatic rings. The Morgan fingerprint density at radius 1 is 0.969 bits per heavy atom. The minimum absolute atomic E-state index is 0.00516. The predicted molar refractivity (Wildman–Crippen MR) is 115 cm³/mol. The van der Waals surface area contributed by atoms with E-state index in [0.29, 0.717) is 49.9 Å². The second-order valence-electron chi connectivity index (χ2n) is 7.98. The summed E-state index contributed by atoms with van der Waals surface area (Å²) in [5.74, 6) is -0.00554. The Labute approximate surface area is 186 Å². The van der Waals surface area contributed by atoms with Gasteiger partial charge >= 0.3 is 0 Å². The molecule has 170 valence electrons. The van der Waals surface area contributed by atoms with Crippen molar-refractivity contribution in [3.05, 3.63) is 59.4 Å². The average Bonchev–Trinajstić information content (AvgIpc) is 3.29. The van der Waals surface area contributed by atoms with Crippen LogP contribution in [-0.4, -0.2) is 75.2 Å². The van der Waals surface area contributed by atoms with Crippen molar-refractivity contribution in [2.45, 2.75) is 5.92 Å². The Kier molecular flexibility index (Phi) is 6.60.